The van der Waals surface area contributed by atoms with Crippen molar-refractivity contribution < 1.29 is 9.53 Å². The van der Waals surface area contributed by atoms with E-state index in [1.807, 2.05) is 62.4 Å². The van der Waals surface area contributed by atoms with Crippen LogP contribution in [0, 0.1) is 6.92 Å². The minimum atomic E-state index is -0.103. The quantitative estimate of drug-likeness (QED) is 0.881. The van der Waals surface area contributed by atoms with E-state index in [1.54, 1.807) is 0 Å². The van der Waals surface area contributed by atoms with Crippen molar-refractivity contribution in [3.8, 4) is 5.75 Å². The van der Waals surface area contributed by atoms with Crippen LogP contribution >= 0.6 is 0 Å². The average molecular weight is 283 g/mol. The van der Waals surface area contributed by atoms with Crippen LogP contribution in [0.4, 0.5) is 5.69 Å². The summed E-state index contributed by atoms with van der Waals surface area (Å²) in [7, 11) is 0. The highest BCUT2D eigenvalue weighted by atomic mass is 16.5. The molecule has 0 radical (unpaired) electrons. The first-order valence-corrected chi connectivity index (χ1v) is 7.24. The Morgan fingerprint density at radius 3 is 2.67 bits per heavy atom. The van der Waals surface area contributed by atoms with Crippen LogP contribution in [0.15, 0.2) is 48.5 Å². The van der Waals surface area contributed by atoms with Gasteiger partial charge in [0.25, 0.3) is 5.91 Å². The van der Waals surface area contributed by atoms with Crippen molar-refractivity contribution in [2.24, 2.45) is 0 Å². The lowest BCUT2D eigenvalue weighted by Crippen LogP contribution is -2.14. The molecule has 0 saturated heterocycles. The minimum absolute atomic E-state index is 0.103. The van der Waals surface area contributed by atoms with Crippen LogP contribution in [0.5, 0.6) is 5.75 Å². The predicted molar refractivity (Wildman–Crippen MR) is 86.0 cm³/mol. The molecule has 0 aliphatic carbocycles. The first kappa shape index (κ1) is 15.1. The van der Waals surface area contributed by atoms with Crippen molar-refractivity contribution >= 4 is 11.6 Å². The minimum Gasteiger partial charge on any atom is -0.491 e. The Balaban J connectivity index is 2.11. The fourth-order valence-electron chi connectivity index (χ4n) is 1.99. The van der Waals surface area contributed by atoms with Crippen LogP contribution < -0.4 is 10.1 Å². The number of carbonyl (C=O) groups is 1. The highest BCUT2D eigenvalue weighted by molar-refractivity contribution is 6.05. The third kappa shape index (κ3) is 4.09. The molecule has 0 aliphatic rings. The number of amides is 1. The van der Waals surface area contributed by atoms with Gasteiger partial charge in [-0.25, -0.2) is 0 Å². The summed E-state index contributed by atoms with van der Waals surface area (Å²) in [5.41, 5.74) is 2.39. The van der Waals surface area contributed by atoms with Crippen molar-refractivity contribution in [2.45, 2.75) is 33.3 Å². The van der Waals surface area contributed by atoms with Crippen LogP contribution in [0.3, 0.4) is 0 Å². The van der Waals surface area contributed by atoms with Gasteiger partial charge in [0.1, 0.15) is 5.75 Å². The van der Waals surface area contributed by atoms with E-state index in [4.69, 9.17) is 4.74 Å². The number of rotatable bonds is 5. The molecule has 0 fully saturated rings. The second kappa shape index (κ2) is 6.93. The van der Waals surface area contributed by atoms with E-state index < -0.39 is 0 Å². The van der Waals surface area contributed by atoms with E-state index in [2.05, 4.69) is 12.2 Å². The molecular formula is C18H21NO2. The third-order valence-electron chi connectivity index (χ3n) is 3.39. The van der Waals surface area contributed by atoms with Crippen molar-refractivity contribution in [3.63, 3.8) is 0 Å². The summed E-state index contributed by atoms with van der Waals surface area (Å²) in [6.45, 7) is 6.03. The molecule has 1 N–H and O–H groups in total. The molecule has 0 unspecified atom stereocenters. The Morgan fingerprint density at radius 1 is 1.19 bits per heavy atom. The molecule has 3 nitrogen and oxygen atoms in total. The molecule has 0 heterocycles. The number of benzene rings is 2. The second-order valence-corrected chi connectivity index (χ2v) is 5.13. The van der Waals surface area contributed by atoms with Crippen molar-refractivity contribution in [2.75, 3.05) is 5.32 Å². The summed E-state index contributed by atoms with van der Waals surface area (Å²) < 4.78 is 5.76. The lowest BCUT2D eigenvalue weighted by atomic mass is 10.1. The molecule has 0 bridgehead atoms. The van der Waals surface area contributed by atoms with Gasteiger partial charge in [-0.05, 0) is 44.0 Å². The van der Waals surface area contributed by atoms with Crippen LogP contribution in [0.25, 0.3) is 0 Å². The molecular weight excluding hydrogens is 262 g/mol. The fraction of sp³-hybridized carbons (Fsp3) is 0.278. The maximum atomic E-state index is 12.3. The number of carbonyl (C=O) groups excluding carboxylic acids is 1. The molecule has 0 aromatic heterocycles. The molecule has 1 atom stereocenters. The van der Waals surface area contributed by atoms with Gasteiger partial charge >= 0.3 is 0 Å². The van der Waals surface area contributed by atoms with Gasteiger partial charge in [-0.2, -0.15) is 0 Å². The number of hydrogen-bond donors (Lipinski definition) is 1. The van der Waals surface area contributed by atoms with E-state index in [-0.39, 0.29) is 12.0 Å². The molecule has 2 aromatic carbocycles. The van der Waals surface area contributed by atoms with Gasteiger partial charge in [0.05, 0.1) is 6.10 Å². The standard InChI is InChI=1S/C18H21NO2/c1-4-14(3)21-16-10-7-9-15(12-16)19-18(20)17-11-6-5-8-13(17)2/h5-12,14H,4H2,1-3H3,(H,19,20)/t14-/m1/s1. The molecule has 1 amide bonds. The van der Waals surface area contributed by atoms with E-state index in [0.717, 1.165) is 23.4 Å². The smallest absolute Gasteiger partial charge is 0.255 e. The first-order chi connectivity index (χ1) is 10.1. The Kier molecular flexibility index (Phi) is 4.99. The monoisotopic (exact) mass is 283 g/mol. The van der Waals surface area contributed by atoms with E-state index in [9.17, 15) is 4.79 Å². The van der Waals surface area contributed by atoms with Crippen molar-refractivity contribution in [3.05, 3.63) is 59.7 Å². The predicted octanol–water partition coefficient (Wildman–Crippen LogP) is 4.42. The van der Waals surface area contributed by atoms with Gasteiger partial charge in [0.15, 0.2) is 0 Å². The molecule has 3 heteroatoms. The Labute approximate surface area is 126 Å². The summed E-state index contributed by atoms with van der Waals surface area (Å²) in [5.74, 6) is 0.667. The van der Waals surface area contributed by atoms with Crippen LogP contribution in [0.1, 0.15) is 36.2 Å². The molecule has 2 aromatic rings. The Bertz CT molecular complexity index is 622. The summed E-state index contributed by atoms with van der Waals surface area (Å²) in [4.78, 5) is 12.3. The maximum Gasteiger partial charge on any atom is 0.255 e. The van der Waals surface area contributed by atoms with Gasteiger partial charge < -0.3 is 10.1 Å². The summed E-state index contributed by atoms with van der Waals surface area (Å²) in [6, 6.07) is 15.0. The van der Waals surface area contributed by atoms with Crippen molar-refractivity contribution in [1.82, 2.24) is 0 Å². The summed E-state index contributed by atoms with van der Waals surface area (Å²) in [5, 5.41) is 2.91. The zero-order valence-corrected chi connectivity index (χ0v) is 12.7. The lowest BCUT2D eigenvalue weighted by Gasteiger charge is -2.14. The number of hydrogen-bond acceptors (Lipinski definition) is 2. The number of anilines is 1. The highest BCUT2D eigenvalue weighted by Crippen LogP contribution is 2.20. The molecule has 21 heavy (non-hydrogen) atoms. The highest BCUT2D eigenvalue weighted by Gasteiger charge is 2.09. The zero-order chi connectivity index (χ0) is 15.2. The SMILES string of the molecule is CC[C@@H](C)Oc1cccc(NC(=O)c2ccccc2C)c1. The molecule has 0 aliphatic heterocycles. The molecule has 0 saturated carbocycles. The number of ether oxygens (including phenoxy) is 1. The fourth-order valence-corrected chi connectivity index (χ4v) is 1.99. The van der Waals surface area contributed by atoms with Gasteiger partial charge in [0, 0.05) is 17.3 Å². The van der Waals surface area contributed by atoms with E-state index in [1.165, 1.54) is 0 Å². The zero-order valence-electron chi connectivity index (χ0n) is 12.7. The van der Waals surface area contributed by atoms with Crippen molar-refractivity contribution in [1.29, 1.82) is 0 Å². The van der Waals surface area contributed by atoms with Crippen LogP contribution in [0.2, 0.25) is 0 Å². The largest absolute Gasteiger partial charge is 0.491 e. The Morgan fingerprint density at radius 2 is 1.95 bits per heavy atom. The molecule has 2 rings (SSSR count). The first-order valence-electron chi connectivity index (χ1n) is 7.24. The normalized spacial score (nSPS) is 11.8. The average Bonchev–Trinajstić information content (AvgIpc) is 2.47. The van der Waals surface area contributed by atoms with E-state index in [0.29, 0.717) is 5.56 Å². The van der Waals surface area contributed by atoms with Gasteiger partial charge in [-0.1, -0.05) is 31.2 Å². The number of nitrogens with one attached hydrogen (secondary N) is 1. The van der Waals surface area contributed by atoms with Crippen LogP contribution in [-0.2, 0) is 0 Å². The third-order valence-corrected chi connectivity index (χ3v) is 3.39. The number of aryl methyl sites for hydroxylation is 1. The summed E-state index contributed by atoms with van der Waals surface area (Å²) in [6.07, 6.45) is 1.10. The van der Waals surface area contributed by atoms with Gasteiger partial charge in [-0.15, -0.1) is 0 Å². The summed E-state index contributed by atoms with van der Waals surface area (Å²) >= 11 is 0. The topological polar surface area (TPSA) is 38.3 Å². The Hall–Kier alpha value is -2.29. The molecule has 110 valence electrons. The van der Waals surface area contributed by atoms with Crippen LogP contribution in [-0.4, -0.2) is 12.0 Å². The second-order valence-electron chi connectivity index (χ2n) is 5.13. The van der Waals surface area contributed by atoms with Gasteiger partial charge in [0.2, 0.25) is 0 Å². The van der Waals surface area contributed by atoms with Gasteiger partial charge in [-0.3, -0.25) is 4.79 Å². The van der Waals surface area contributed by atoms with E-state index >= 15 is 0 Å². The maximum absolute atomic E-state index is 12.3. The lowest BCUT2D eigenvalue weighted by molar-refractivity contribution is 0.102. The molecule has 0 spiro atoms.